The Labute approximate surface area is 102 Å². The molecule has 15 heavy (non-hydrogen) atoms. The number of nitro groups is 1. The molecule has 0 radical (unpaired) electrons. The number of halogens is 2. The zero-order valence-corrected chi connectivity index (χ0v) is 10.4. The van der Waals surface area contributed by atoms with E-state index < -0.39 is 16.4 Å². The number of benzene rings is 1. The van der Waals surface area contributed by atoms with Gasteiger partial charge in [-0.05, 0) is 28.1 Å². The molecule has 0 amide bonds. The van der Waals surface area contributed by atoms with E-state index in [1.807, 2.05) is 0 Å². The van der Waals surface area contributed by atoms with Crippen LogP contribution in [0.25, 0.3) is 0 Å². The van der Waals surface area contributed by atoms with Crippen molar-refractivity contribution in [3.8, 4) is 5.75 Å². The van der Waals surface area contributed by atoms with Crippen LogP contribution in [-0.2, 0) is 0 Å². The minimum atomic E-state index is -0.720. The molecule has 1 aromatic rings. The van der Waals surface area contributed by atoms with E-state index in [9.17, 15) is 20.0 Å². The van der Waals surface area contributed by atoms with Crippen molar-refractivity contribution in [2.24, 2.45) is 0 Å². The number of Topliss-reactive ketones (excluding diaryl/α,β-unsaturated/α-hetero) is 1. The van der Waals surface area contributed by atoms with Gasteiger partial charge in [0.2, 0.25) is 0 Å². The summed E-state index contributed by atoms with van der Waals surface area (Å²) in [6.45, 7) is 0. The lowest BCUT2D eigenvalue weighted by molar-refractivity contribution is -0.386. The van der Waals surface area contributed by atoms with Crippen molar-refractivity contribution in [1.29, 1.82) is 0 Å². The quantitative estimate of drug-likeness (QED) is 0.397. The summed E-state index contributed by atoms with van der Waals surface area (Å²) in [4.78, 5) is 21.0. The van der Waals surface area contributed by atoms with Crippen molar-refractivity contribution in [2.45, 2.75) is 0 Å². The van der Waals surface area contributed by atoms with Crippen LogP contribution in [0.4, 0.5) is 5.69 Å². The Kier molecular flexibility index (Phi) is 3.81. The summed E-state index contributed by atoms with van der Waals surface area (Å²) in [5, 5.41) is 20.0. The average molecular weight is 339 g/mol. The zero-order valence-electron chi connectivity index (χ0n) is 7.24. The van der Waals surface area contributed by atoms with E-state index >= 15 is 0 Å². The number of phenols is 1. The fraction of sp³-hybridized carbons (Fsp3) is 0.125. The summed E-state index contributed by atoms with van der Waals surface area (Å²) in [6.07, 6.45) is 0. The van der Waals surface area contributed by atoms with Crippen LogP contribution in [0.5, 0.6) is 5.75 Å². The summed E-state index contributed by atoms with van der Waals surface area (Å²) in [5.74, 6) is -0.792. The van der Waals surface area contributed by atoms with Crippen molar-refractivity contribution in [1.82, 2.24) is 0 Å². The van der Waals surface area contributed by atoms with Gasteiger partial charge in [-0.2, -0.15) is 0 Å². The van der Waals surface area contributed by atoms with Gasteiger partial charge >= 0.3 is 5.69 Å². The Bertz CT molecular complexity index is 410. The van der Waals surface area contributed by atoms with Crippen molar-refractivity contribution in [3.63, 3.8) is 0 Å². The van der Waals surface area contributed by atoms with Crippen LogP contribution in [-0.4, -0.2) is 21.1 Å². The fourth-order valence-electron chi connectivity index (χ4n) is 1.00. The molecule has 0 aliphatic heterocycles. The van der Waals surface area contributed by atoms with Crippen LogP contribution in [0.1, 0.15) is 10.4 Å². The molecule has 0 bridgehead atoms. The van der Waals surface area contributed by atoms with Crippen molar-refractivity contribution < 1.29 is 14.8 Å². The summed E-state index contributed by atoms with van der Waals surface area (Å²) in [5.41, 5.74) is -0.233. The molecule has 0 spiro atoms. The van der Waals surface area contributed by atoms with Crippen LogP contribution < -0.4 is 0 Å². The second-order valence-corrected chi connectivity index (χ2v) is 4.05. The highest BCUT2D eigenvalue weighted by atomic mass is 79.9. The number of ketones is 1. The predicted octanol–water partition coefficient (Wildman–Crippen LogP) is 2.64. The van der Waals surface area contributed by atoms with Gasteiger partial charge in [-0.25, -0.2) is 0 Å². The highest BCUT2D eigenvalue weighted by molar-refractivity contribution is 9.10. The van der Waals surface area contributed by atoms with E-state index in [1.54, 1.807) is 0 Å². The maximum atomic E-state index is 11.3. The van der Waals surface area contributed by atoms with Gasteiger partial charge in [-0.15, -0.1) is 0 Å². The van der Waals surface area contributed by atoms with E-state index in [0.717, 1.165) is 6.07 Å². The first-order valence-corrected chi connectivity index (χ1v) is 5.65. The molecular weight excluding hydrogens is 334 g/mol. The van der Waals surface area contributed by atoms with Gasteiger partial charge in [0.05, 0.1) is 14.7 Å². The lowest BCUT2D eigenvalue weighted by Crippen LogP contribution is -2.01. The summed E-state index contributed by atoms with van der Waals surface area (Å²) < 4.78 is 0.0804. The Morgan fingerprint density at radius 2 is 2.13 bits per heavy atom. The van der Waals surface area contributed by atoms with Gasteiger partial charge in [-0.3, -0.25) is 14.9 Å². The lowest BCUT2D eigenvalue weighted by Gasteiger charge is -2.02. The third kappa shape index (κ3) is 2.54. The molecule has 80 valence electrons. The number of phenolic OH excluding ortho intramolecular Hbond substituents is 1. The van der Waals surface area contributed by atoms with Gasteiger partial charge in [0.15, 0.2) is 11.5 Å². The number of hydrogen-bond acceptors (Lipinski definition) is 4. The van der Waals surface area contributed by atoms with E-state index in [2.05, 4.69) is 31.9 Å². The van der Waals surface area contributed by atoms with E-state index in [0.29, 0.717) is 0 Å². The molecule has 0 saturated carbocycles. The standard InChI is InChI=1S/C8H5Br2NO4/c9-3-7(13)4-1-5(10)8(11(14)15)6(12)2-4/h1-2,12H,3H2. The molecule has 5 nitrogen and oxygen atoms in total. The molecule has 7 heteroatoms. The number of aromatic hydroxyl groups is 1. The Hall–Kier alpha value is -0.950. The number of hydrogen-bond donors (Lipinski definition) is 1. The van der Waals surface area contributed by atoms with Gasteiger partial charge in [-0.1, -0.05) is 15.9 Å². The largest absolute Gasteiger partial charge is 0.502 e. The number of carbonyl (C=O) groups excluding carboxylic acids is 1. The second-order valence-electron chi connectivity index (χ2n) is 2.64. The number of rotatable bonds is 3. The smallest absolute Gasteiger partial charge is 0.324 e. The summed E-state index contributed by atoms with van der Waals surface area (Å²) in [7, 11) is 0. The van der Waals surface area contributed by atoms with Gasteiger partial charge in [0, 0.05) is 5.56 Å². The van der Waals surface area contributed by atoms with E-state index in [4.69, 9.17) is 0 Å². The Balaban J connectivity index is 3.31. The molecule has 1 N–H and O–H groups in total. The summed E-state index contributed by atoms with van der Waals surface area (Å²) >= 11 is 5.89. The summed E-state index contributed by atoms with van der Waals surface area (Å²) in [6, 6.07) is 2.38. The fourth-order valence-corrected chi connectivity index (χ4v) is 1.92. The van der Waals surface area contributed by atoms with Crippen LogP contribution in [0, 0.1) is 10.1 Å². The monoisotopic (exact) mass is 337 g/mol. The SMILES string of the molecule is O=C(CBr)c1cc(O)c([N+](=O)[O-])c(Br)c1. The highest BCUT2D eigenvalue weighted by Gasteiger charge is 2.20. The van der Waals surface area contributed by atoms with Gasteiger partial charge in [0.25, 0.3) is 0 Å². The van der Waals surface area contributed by atoms with Gasteiger partial charge < -0.3 is 5.11 Å². The third-order valence-corrected chi connectivity index (χ3v) is 2.78. The highest BCUT2D eigenvalue weighted by Crippen LogP contribution is 2.35. The maximum absolute atomic E-state index is 11.3. The number of nitro benzene ring substituents is 1. The van der Waals surface area contributed by atoms with Crippen molar-refractivity contribution in [3.05, 3.63) is 32.3 Å². The molecule has 0 atom stereocenters. The topological polar surface area (TPSA) is 80.4 Å². The molecule has 1 aromatic carbocycles. The molecule has 0 aliphatic carbocycles. The normalized spacial score (nSPS) is 10.0. The molecular formula is C8H5Br2NO4. The van der Waals surface area contributed by atoms with E-state index in [-0.39, 0.29) is 21.1 Å². The van der Waals surface area contributed by atoms with Gasteiger partial charge in [0.1, 0.15) is 0 Å². The first-order valence-electron chi connectivity index (χ1n) is 3.73. The zero-order chi connectivity index (χ0) is 11.6. The van der Waals surface area contributed by atoms with Crippen molar-refractivity contribution in [2.75, 3.05) is 5.33 Å². The molecule has 1 rings (SSSR count). The predicted molar refractivity (Wildman–Crippen MR) is 60.6 cm³/mol. The maximum Gasteiger partial charge on any atom is 0.324 e. The second kappa shape index (κ2) is 4.71. The minimum Gasteiger partial charge on any atom is -0.502 e. The molecule has 0 heterocycles. The number of carbonyl (C=O) groups is 1. The minimum absolute atomic E-state index is 0.0804. The third-order valence-electron chi connectivity index (χ3n) is 1.67. The van der Waals surface area contributed by atoms with E-state index in [1.165, 1.54) is 6.07 Å². The van der Waals surface area contributed by atoms with Crippen LogP contribution in [0.15, 0.2) is 16.6 Å². The Morgan fingerprint density at radius 1 is 1.53 bits per heavy atom. The van der Waals surface area contributed by atoms with Crippen molar-refractivity contribution >= 4 is 43.3 Å². The van der Waals surface area contributed by atoms with Crippen LogP contribution in [0.2, 0.25) is 0 Å². The van der Waals surface area contributed by atoms with Crippen LogP contribution >= 0.6 is 31.9 Å². The molecule has 0 saturated heterocycles. The Morgan fingerprint density at radius 3 is 2.53 bits per heavy atom. The van der Waals surface area contributed by atoms with Crippen LogP contribution in [0.3, 0.4) is 0 Å². The molecule has 0 aliphatic rings. The average Bonchev–Trinajstić information content (AvgIpc) is 2.14. The lowest BCUT2D eigenvalue weighted by atomic mass is 10.1. The molecule has 0 fully saturated rings. The number of nitrogens with zero attached hydrogens (tertiary/aromatic N) is 1. The molecule has 0 aromatic heterocycles. The first-order chi connectivity index (χ1) is 6.97. The number of alkyl halides is 1. The first kappa shape index (κ1) is 12.1. The molecule has 0 unspecified atom stereocenters.